The van der Waals surface area contributed by atoms with Crippen LogP contribution in [0, 0.1) is 5.82 Å². The van der Waals surface area contributed by atoms with Gasteiger partial charge in [0.2, 0.25) is 10.7 Å². The van der Waals surface area contributed by atoms with Crippen LogP contribution < -0.4 is 4.68 Å². The van der Waals surface area contributed by atoms with Gasteiger partial charge in [-0.2, -0.15) is 0 Å². The van der Waals surface area contributed by atoms with Crippen molar-refractivity contribution in [3.8, 4) is 16.3 Å². The van der Waals surface area contributed by atoms with Crippen LogP contribution in [0.25, 0.3) is 16.3 Å². The van der Waals surface area contributed by atoms with E-state index in [0.29, 0.717) is 4.34 Å². The van der Waals surface area contributed by atoms with Crippen molar-refractivity contribution < 1.29 is 9.07 Å². The third-order valence-electron chi connectivity index (χ3n) is 2.65. The van der Waals surface area contributed by atoms with Gasteiger partial charge in [0.1, 0.15) is 5.82 Å². The molecule has 0 atom stereocenters. The second kappa shape index (κ2) is 5.03. The van der Waals surface area contributed by atoms with E-state index in [0.717, 1.165) is 16.3 Å². The first-order valence-corrected chi connectivity index (χ1v) is 6.88. The molecule has 0 saturated carbocycles. The highest BCUT2D eigenvalue weighted by atomic mass is 32.2. The topological polar surface area (TPSA) is 16.8 Å². The van der Waals surface area contributed by atoms with E-state index in [1.807, 2.05) is 30.3 Å². The molecule has 0 aliphatic heterocycles. The molecule has 5 heteroatoms. The monoisotopic (exact) mass is 288 g/mol. The molecular formula is C14H9FN2S2. The molecule has 94 valence electrons. The molecule has 3 rings (SSSR count). The summed E-state index contributed by atoms with van der Waals surface area (Å²) in [6.07, 6.45) is 0. The van der Waals surface area contributed by atoms with Crippen LogP contribution in [0.2, 0.25) is 0 Å². The van der Waals surface area contributed by atoms with E-state index >= 15 is 0 Å². The fourth-order valence-corrected chi connectivity index (χ4v) is 2.88. The summed E-state index contributed by atoms with van der Waals surface area (Å²) >= 11 is 6.57. The Hall–Kier alpha value is -1.85. The summed E-state index contributed by atoms with van der Waals surface area (Å²) in [7, 11) is 0. The number of hydrogen-bond donors (Lipinski definition) is 0. The number of hydrogen-bond acceptors (Lipinski definition) is 3. The van der Waals surface area contributed by atoms with Gasteiger partial charge in [-0.1, -0.05) is 22.9 Å². The highest BCUT2D eigenvalue weighted by Crippen LogP contribution is 2.23. The van der Waals surface area contributed by atoms with Crippen LogP contribution in [0.1, 0.15) is 0 Å². The molecule has 0 spiro atoms. The van der Waals surface area contributed by atoms with E-state index in [9.17, 15) is 4.39 Å². The highest BCUT2D eigenvalue weighted by molar-refractivity contribution is 7.62. The maximum absolute atomic E-state index is 13.0. The molecule has 0 radical (unpaired) electrons. The van der Waals surface area contributed by atoms with E-state index in [1.54, 1.807) is 16.8 Å². The molecule has 0 N–H and O–H groups in total. The summed E-state index contributed by atoms with van der Waals surface area (Å²) in [6, 6.07) is 16.1. The molecule has 2 aromatic carbocycles. The van der Waals surface area contributed by atoms with Gasteiger partial charge in [-0.3, -0.25) is 11.3 Å². The molecule has 0 unspecified atom stereocenters. The number of benzene rings is 2. The van der Waals surface area contributed by atoms with E-state index in [4.69, 9.17) is 12.6 Å². The molecule has 0 saturated heterocycles. The zero-order valence-electron chi connectivity index (χ0n) is 9.79. The first-order valence-electron chi connectivity index (χ1n) is 5.65. The van der Waals surface area contributed by atoms with Gasteiger partial charge in [0, 0.05) is 22.0 Å². The van der Waals surface area contributed by atoms with Crippen LogP contribution in [0.4, 0.5) is 4.39 Å². The average molecular weight is 288 g/mol. The molecule has 0 aliphatic rings. The lowest BCUT2D eigenvalue weighted by molar-refractivity contribution is -0.646. The number of halogens is 1. The first-order chi connectivity index (χ1) is 9.24. The quantitative estimate of drug-likeness (QED) is 0.532. The third kappa shape index (κ3) is 2.47. The lowest BCUT2D eigenvalue weighted by atomic mass is 10.2. The highest BCUT2D eigenvalue weighted by Gasteiger charge is 2.16. The summed E-state index contributed by atoms with van der Waals surface area (Å²) in [6.45, 7) is 0. The Kier molecular flexibility index (Phi) is 3.23. The summed E-state index contributed by atoms with van der Waals surface area (Å²) < 4.78 is 15.3. The van der Waals surface area contributed by atoms with Gasteiger partial charge >= 0.3 is 0 Å². The van der Waals surface area contributed by atoms with Crippen molar-refractivity contribution in [3.05, 3.63) is 60.4 Å². The predicted molar refractivity (Wildman–Crippen MR) is 74.7 cm³/mol. The normalized spacial score (nSPS) is 10.6. The Morgan fingerprint density at radius 3 is 2.37 bits per heavy atom. The minimum Gasteiger partial charge on any atom is -0.402 e. The molecule has 1 heterocycles. The summed E-state index contributed by atoms with van der Waals surface area (Å²) in [5.74, 6) is -0.252. The summed E-state index contributed by atoms with van der Waals surface area (Å²) in [5.41, 5.74) is 1.84. The third-order valence-corrected chi connectivity index (χ3v) is 3.84. The van der Waals surface area contributed by atoms with E-state index in [1.165, 1.54) is 23.5 Å². The van der Waals surface area contributed by atoms with E-state index in [2.05, 4.69) is 5.10 Å². The number of para-hydroxylation sites is 1. The van der Waals surface area contributed by atoms with Crippen molar-refractivity contribution in [2.45, 2.75) is 4.34 Å². The van der Waals surface area contributed by atoms with Crippen LogP contribution in [0.15, 0.2) is 58.9 Å². The van der Waals surface area contributed by atoms with Gasteiger partial charge in [-0.05, 0) is 29.4 Å². The van der Waals surface area contributed by atoms with Crippen molar-refractivity contribution in [1.82, 2.24) is 5.10 Å². The van der Waals surface area contributed by atoms with E-state index in [-0.39, 0.29) is 5.82 Å². The van der Waals surface area contributed by atoms with Crippen LogP contribution in [0.3, 0.4) is 0 Å². The van der Waals surface area contributed by atoms with Crippen LogP contribution in [-0.4, -0.2) is 5.10 Å². The summed E-state index contributed by atoms with van der Waals surface area (Å²) in [4.78, 5) is 0. The van der Waals surface area contributed by atoms with Gasteiger partial charge in [0.15, 0.2) is 0 Å². The molecule has 19 heavy (non-hydrogen) atoms. The first kappa shape index (κ1) is 12.2. The Labute approximate surface area is 119 Å². The largest absolute Gasteiger partial charge is 0.402 e. The molecule has 0 fully saturated rings. The Morgan fingerprint density at radius 1 is 1.00 bits per heavy atom. The van der Waals surface area contributed by atoms with Crippen LogP contribution >= 0.6 is 11.3 Å². The Morgan fingerprint density at radius 2 is 1.68 bits per heavy atom. The maximum atomic E-state index is 13.0. The lowest BCUT2D eigenvalue weighted by Crippen LogP contribution is -2.34. The maximum Gasteiger partial charge on any atom is 0.237 e. The van der Waals surface area contributed by atoms with Crippen molar-refractivity contribution in [2.24, 2.45) is 0 Å². The Balaban J connectivity index is 2.15. The molecule has 0 amide bonds. The standard InChI is InChI=1S/C14H9FN2S2/c15-11-8-6-10(7-9-11)13-17(16-14(18)19-13)12-4-2-1-3-5-12/h1-9H. The lowest BCUT2D eigenvalue weighted by Gasteiger charge is -1.98. The second-order valence-electron chi connectivity index (χ2n) is 3.93. The van der Waals surface area contributed by atoms with Gasteiger partial charge in [-0.25, -0.2) is 4.39 Å². The molecule has 0 aliphatic carbocycles. The van der Waals surface area contributed by atoms with Crippen molar-refractivity contribution >= 4 is 24.0 Å². The average Bonchev–Trinajstić information content (AvgIpc) is 2.83. The van der Waals surface area contributed by atoms with Crippen molar-refractivity contribution in [1.29, 1.82) is 0 Å². The van der Waals surface area contributed by atoms with Gasteiger partial charge in [-0.15, -0.1) is 0 Å². The Bertz CT molecular complexity index is 693. The molecule has 0 bridgehead atoms. The van der Waals surface area contributed by atoms with Crippen LogP contribution in [-0.2, 0) is 12.6 Å². The van der Waals surface area contributed by atoms with Gasteiger partial charge < -0.3 is 12.6 Å². The van der Waals surface area contributed by atoms with Crippen molar-refractivity contribution in [3.63, 3.8) is 0 Å². The number of nitrogens with zero attached hydrogens (tertiary/aromatic N) is 2. The number of rotatable bonds is 2. The minimum absolute atomic E-state index is 0.252. The fourth-order valence-electron chi connectivity index (χ4n) is 1.79. The zero-order chi connectivity index (χ0) is 13.2. The molecular weight excluding hydrogens is 279 g/mol. The fraction of sp³-hybridized carbons (Fsp3) is 0. The second-order valence-corrected chi connectivity index (χ2v) is 5.55. The molecule has 3 aromatic rings. The van der Waals surface area contributed by atoms with Gasteiger partial charge in [0.05, 0.1) is 0 Å². The zero-order valence-corrected chi connectivity index (χ0v) is 11.4. The smallest absolute Gasteiger partial charge is 0.237 e. The van der Waals surface area contributed by atoms with Gasteiger partial charge in [0.25, 0.3) is 0 Å². The predicted octanol–water partition coefficient (Wildman–Crippen LogP) is 3.13. The SMILES string of the molecule is Fc1ccc(-c2sc([S-])n[n+]2-c2ccccc2)cc1. The molecule has 1 aromatic heterocycles. The minimum atomic E-state index is -0.252. The van der Waals surface area contributed by atoms with E-state index < -0.39 is 0 Å². The van der Waals surface area contributed by atoms with Crippen LogP contribution in [0.5, 0.6) is 0 Å². The summed E-state index contributed by atoms with van der Waals surface area (Å²) in [5, 5.41) is 5.24. The van der Waals surface area contributed by atoms with Crippen molar-refractivity contribution in [2.75, 3.05) is 0 Å². The number of aromatic nitrogens is 2. The molecule has 2 nitrogen and oxygen atoms in total.